The molecule has 1 aliphatic rings. The van der Waals surface area contributed by atoms with Crippen molar-refractivity contribution in [2.24, 2.45) is 0 Å². The number of benzene rings is 3. The summed E-state index contributed by atoms with van der Waals surface area (Å²) >= 11 is 0. The number of fused-ring (bicyclic) bond motifs is 1. The number of aromatic hydroxyl groups is 1. The molecule has 3 aromatic rings. The average molecular weight is 602 g/mol. The summed E-state index contributed by atoms with van der Waals surface area (Å²) in [6.45, 7) is 2.89. The highest BCUT2D eigenvalue weighted by Crippen LogP contribution is 2.34. The molecule has 236 valence electrons. The minimum absolute atomic E-state index is 0.0514. The summed E-state index contributed by atoms with van der Waals surface area (Å²) in [5.74, 6) is -0.406. The van der Waals surface area contributed by atoms with Crippen molar-refractivity contribution in [3.63, 3.8) is 0 Å². The summed E-state index contributed by atoms with van der Waals surface area (Å²) in [5, 5.41) is 18.2. The fraction of sp³-hybridized carbons (Fsp3) is 0.472. The molecular weight excluding hydrogens is 554 g/mol. The zero-order valence-electron chi connectivity index (χ0n) is 26.0. The molecule has 8 nitrogen and oxygen atoms in total. The Bertz CT molecular complexity index is 1390. The number of unbranched alkanes of at least 4 members (excludes halogenated alkanes) is 11. The molecule has 0 aliphatic carbocycles. The molecular formula is C36H47N3O5. The van der Waals surface area contributed by atoms with E-state index in [1.54, 1.807) is 36.4 Å². The lowest BCUT2D eigenvalue weighted by molar-refractivity contribution is -0.137. The number of para-hydroxylation sites is 2. The molecule has 0 radical (unpaired) electrons. The highest BCUT2D eigenvalue weighted by atomic mass is 16.5. The van der Waals surface area contributed by atoms with Gasteiger partial charge in [0.1, 0.15) is 11.5 Å². The van der Waals surface area contributed by atoms with Crippen molar-refractivity contribution < 1.29 is 24.2 Å². The third-order valence-electron chi connectivity index (χ3n) is 8.25. The maximum absolute atomic E-state index is 13.3. The van der Waals surface area contributed by atoms with Gasteiger partial charge in [-0.2, -0.15) is 0 Å². The number of nitrogens with one attached hydrogen (secondary N) is 2. The largest absolute Gasteiger partial charge is 0.506 e. The maximum Gasteiger partial charge on any atom is 0.259 e. The highest BCUT2D eigenvalue weighted by Gasteiger charge is 2.28. The van der Waals surface area contributed by atoms with Crippen LogP contribution in [0.15, 0.2) is 54.6 Å². The Labute approximate surface area is 261 Å². The lowest BCUT2D eigenvalue weighted by Gasteiger charge is -2.17. The number of phenolic OH excluding ortho intramolecular Hbond substituents is 1. The minimum Gasteiger partial charge on any atom is -0.506 e. The summed E-state index contributed by atoms with van der Waals surface area (Å²) in [6.07, 6.45) is 15.8. The van der Waals surface area contributed by atoms with E-state index in [1.165, 1.54) is 69.1 Å². The number of rotatable bonds is 19. The van der Waals surface area contributed by atoms with E-state index in [0.29, 0.717) is 34.5 Å². The molecule has 0 spiro atoms. The maximum atomic E-state index is 13.3. The third kappa shape index (κ3) is 9.21. The van der Waals surface area contributed by atoms with Crippen LogP contribution in [0.4, 0.5) is 11.4 Å². The van der Waals surface area contributed by atoms with Crippen molar-refractivity contribution in [3.8, 4) is 11.5 Å². The summed E-state index contributed by atoms with van der Waals surface area (Å²) < 4.78 is 6.03. The lowest BCUT2D eigenvalue weighted by Crippen LogP contribution is -2.33. The van der Waals surface area contributed by atoms with Gasteiger partial charge in [-0.15, -0.1) is 0 Å². The van der Waals surface area contributed by atoms with Crippen LogP contribution in [0.1, 0.15) is 107 Å². The monoisotopic (exact) mass is 601 g/mol. The number of phenols is 1. The van der Waals surface area contributed by atoms with E-state index in [4.69, 9.17) is 4.74 Å². The van der Waals surface area contributed by atoms with E-state index in [9.17, 15) is 19.5 Å². The van der Waals surface area contributed by atoms with Gasteiger partial charge in [0.2, 0.25) is 11.8 Å². The number of hydrogen-bond acceptors (Lipinski definition) is 6. The third-order valence-corrected chi connectivity index (χ3v) is 8.25. The van der Waals surface area contributed by atoms with E-state index in [1.807, 2.05) is 18.2 Å². The van der Waals surface area contributed by atoms with E-state index in [-0.39, 0.29) is 42.6 Å². The van der Waals surface area contributed by atoms with Crippen LogP contribution in [-0.2, 0) is 9.59 Å². The number of nitrogens with zero attached hydrogens (tertiary/aromatic N) is 1. The first-order valence-electron chi connectivity index (χ1n) is 16.3. The first kappa shape index (κ1) is 32.8. The fourth-order valence-corrected chi connectivity index (χ4v) is 5.65. The zero-order chi connectivity index (χ0) is 31.1. The SMILES string of the molecule is CCCCCCCCCCCCCCOc1ccccc1NC(=O)c1ccc2c(NCN3C(=O)CCC3=O)cccc2c1O. The number of hydrogen-bond donors (Lipinski definition) is 3. The first-order chi connectivity index (χ1) is 21.5. The van der Waals surface area contributed by atoms with Gasteiger partial charge >= 0.3 is 0 Å². The van der Waals surface area contributed by atoms with Gasteiger partial charge in [-0.05, 0) is 30.7 Å². The predicted molar refractivity (Wildman–Crippen MR) is 176 cm³/mol. The molecule has 3 N–H and O–H groups in total. The zero-order valence-corrected chi connectivity index (χ0v) is 26.0. The van der Waals surface area contributed by atoms with E-state index < -0.39 is 5.91 Å². The van der Waals surface area contributed by atoms with Gasteiger partial charge in [-0.25, -0.2) is 0 Å². The molecule has 0 saturated carbocycles. The standard InChI is InChI=1S/C36H47N3O5/c1-2-3-4-5-6-7-8-9-10-11-12-15-25-44-32-20-14-13-18-31(32)38-36(43)29-22-21-27-28(35(29)42)17-16-19-30(27)37-26-39-33(40)23-24-34(39)41/h13-14,16-22,37,42H,2-12,15,23-26H2,1H3,(H,38,43). The van der Waals surface area contributed by atoms with Crippen LogP contribution in [0.25, 0.3) is 10.8 Å². The Morgan fingerprint density at radius 2 is 1.36 bits per heavy atom. The molecule has 0 atom stereocenters. The van der Waals surface area contributed by atoms with Crippen LogP contribution in [0.5, 0.6) is 11.5 Å². The average Bonchev–Trinajstić information content (AvgIpc) is 3.35. The van der Waals surface area contributed by atoms with Crippen LogP contribution in [0.3, 0.4) is 0 Å². The second-order valence-corrected chi connectivity index (χ2v) is 11.6. The van der Waals surface area contributed by atoms with Crippen molar-refractivity contribution in [3.05, 3.63) is 60.2 Å². The quantitative estimate of drug-likeness (QED) is 0.0941. The Balaban J connectivity index is 1.25. The van der Waals surface area contributed by atoms with E-state index >= 15 is 0 Å². The first-order valence-corrected chi connectivity index (χ1v) is 16.3. The molecule has 1 fully saturated rings. The summed E-state index contributed by atoms with van der Waals surface area (Å²) in [7, 11) is 0. The second kappa shape index (κ2) is 17.3. The second-order valence-electron chi connectivity index (χ2n) is 11.6. The van der Waals surface area contributed by atoms with Crippen LogP contribution >= 0.6 is 0 Å². The van der Waals surface area contributed by atoms with Crippen molar-refractivity contribution in [2.75, 3.05) is 23.9 Å². The number of likely N-dealkylation sites (tertiary alicyclic amines) is 1. The predicted octanol–water partition coefficient (Wildman–Crippen LogP) is 8.40. The molecule has 4 rings (SSSR count). The highest BCUT2D eigenvalue weighted by molar-refractivity contribution is 6.11. The molecule has 8 heteroatoms. The molecule has 1 heterocycles. The Hall–Kier alpha value is -4.07. The van der Waals surface area contributed by atoms with Gasteiger partial charge in [-0.1, -0.05) is 108 Å². The van der Waals surface area contributed by atoms with Crippen molar-refractivity contribution in [1.29, 1.82) is 0 Å². The lowest BCUT2D eigenvalue weighted by atomic mass is 10.0. The normalized spacial score (nSPS) is 13.1. The van der Waals surface area contributed by atoms with E-state index in [0.717, 1.165) is 12.8 Å². The number of carbonyl (C=O) groups is 3. The van der Waals surface area contributed by atoms with Crippen LogP contribution in [0, 0.1) is 0 Å². The molecule has 0 unspecified atom stereocenters. The summed E-state index contributed by atoms with van der Waals surface area (Å²) in [5.41, 5.74) is 1.33. The Morgan fingerprint density at radius 3 is 2.05 bits per heavy atom. The van der Waals surface area contributed by atoms with Crippen molar-refractivity contribution in [1.82, 2.24) is 4.90 Å². The Morgan fingerprint density at radius 1 is 0.750 bits per heavy atom. The van der Waals surface area contributed by atoms with Crippen molar-refractivity contribution in [2.45, 2.75) is 96.8 Å². The van der Waals surface area contributed by atoms with E-state index in [2.05, 4.69) is 17.6 Å². The fourth-order valence-electron chi connectivity index (χ4n) is 5.65. The summed E-state index contributed by atoms with van der Waals surface area (Å²) in [6, 6.07) is 15.9. The summed E-state index contributed by atoms with van der Waals surface area (Å²) in [4.78, 5) is 38.4. The van der Waals surface area contributed by atoms with Crippen molar-refractivity contribution >= 4 is 39.9 Å². The van der Waals surface area contributed by atoms with Gasteiger partial charge in [0.25, 0.3) is 5.91 Å². The van der Waals surface area contributed by atoms with Crippen LogP contribution < -0.4 is 15.4 Å². The number of amides is 3. The van der Waals surface area contributed by atoms with Gasteiger partial charge in [0, 0.05) is 29.3 Å². The molecule has 3 aromatic carbocycles. The molecule has 44 heavy (non-hydrogen) atoms. The number of imide groups is 1. The molecule has 0 bridgehead atoms. The minimum atomic E-state index is -0.447. The Kier molecular flexibility index (Phi) is 12.9. The van der Waals surface area contributed by atoms with Gasteiger partial charge in [-0.3, -0.25) is 19.3 Å². The smallest absolute Gasteiger partial charge is 0.259 e. The van der Waals surface area contributed by atoms with Crippen LogP contribution in [-0.4, -0.2) is 41.0 Å². The number of ether oxygens (including phenoxy) is 1. The molecule has 3 amide bonds. The van der Waals surface area contributed by atoms with Gasteiger partial charge < -0.3 is 20.5 Å². The van der Waals surface area contributed by atoms with Gasteiger partial charge in [0.05, 0.1) is 24.5 Å². The molecule has 1 aliphatic heterocycles. The molecule has 0 aromatic heterocycles. The molecule has 1 saturated heterocycles. The topological polar surface area (TPSA) is 108 Å². The number of carbonyl (C=O) groups excluding carboxylic acids is 3. The van der Waals surface area contributed by atoms with Gasteiger partial charge in [0.15, 0.2) is 0 Å². The van der Waals surface area contributed by atoms with Crippen LogP contribution in [0.2, 0.25) is 0 Å². The number of anilines is 2.